The molecular formula is C22H14Cl2N2O3. The minimum atomic E-state index is -0.849. The van der Waals surface area contributed by atoms with Crippen molar-refractivity contribution in [3.63, 3.8) is 0 Å². The number of rotatable bonds is 3. The van der Waals surface area contributed by atoms with Gasteiger partial charge in [0, 0.05) is 21.8 Å². The number of nitrogens with zero attached hydrogens (tertiary/aromatic N) is 2. The van der Waals surface area contributed by atoms with E-state index in [1.165, 1.54) is 11.1 Å². The Hall–Kier alpha value is -3.15. The molecule has 1 aliphatic rings. The molecule has 7 heteroatoms. The molecule has 2 heterocycles. The molecule has 0 saturated carbocycles. The molecule has 0 radical (unpaired) electrons. The largest absolute Gasteiger partial charge is 0.507 e. The molecule has 5 nitrogen and oxygen atoms in total. The van der Waals surface area contributed by atoms with Crippen LogP contribution in [0.25, 0.3) is 5.76 Å². The van der Waals surface area contributed by atoms with Crippen LogP contribution in [-0.2, 0) is 9.59 Å². The van der Waals surface area contributed by atoms with Crippen molar-refractivity contribution in [1.29, 1.82) is 0 Å². The maximum atomic E-state index is 12.9. The molecule has 1 saturated heterocycles. The zero-order valence-corrected chi connectivity index (χ0v) is 16.4. The van der Waals surface area contributed by atoms with E-state index in [2.05, 4.69) is 4.98 Å². The lowest BCUT2D eigenvalue weighted by Gasteiger charge is -2.24. The third-order valence-corrected chi connectivity index (χ3v) is 5.15. The molecule has 2 aromatic carbocycles. The van der Waals surface area contributed by atoms with Crippen LogP contribution in [0.2, 0.25) is 10.0 Å². The number of Topliss-reactive ketones (excluding diaryl/α,β-unsaturated/α-hetero) is 1. The van der Waals surface area contributed by atoms with Gasteiger partial charge in [-0.05, 0) is 54.1 Å². The Morgan fingerprint density at radius 3 is 2.10 bits per heavy atom. The Morgan fingerprint density at radius 1 is 0.897 bits per heavy atom. The summed E-state index contributed by atoms with van der Waals surface area (Å²) in [5.74, 6) is -1.52. The summed E-state index contributed by atoms with van der Waals surface area (Å²) in [6.45, 7) is 0. The van der Waals surface area contributed by atoms with Gasteiger partial charge in [0.25, 0.3) is 5.78 Å². The highest BCUT2D eigenvalue weighted by molar-refractivity contribution is 6.51. The number of hydrogen-bond donors (Lipinski definition) is 1. The van der Waals surface area contributed by atoms with Gasteiger partial charge in [-0.1, -0.05) is 41.4 Å². The van der Waals surface area contributed by atoms with Gasteiger partial charge in [0.15, 0.2) is 0 Å². The van der Waals surface area contributed by atoms with Crippen LogP contribution in [0.15, 0.2) is 78.5 Å². The smallest absolute Gasteiger partial charge is 0.301 e. The van der Waals surface area contributed by atoms with Crippen molar-refractivity contribution in [3.05, 3.63) is 99.7 Å². The Morgan fingerprint density at radius 2 is 1.52 bits per heavy atom. The summed E-state index contributed by atoms with van der Waals surface area (Å²) in [6.07, 6.45) is 1.53. The highest BCUT2D eigenvalue weighted by Gasteiger charge is 2.47. The number of ketones is 1. The van der Waals surface area contributed by atoms with Gasteiger partial charge < -0.3 is 5.11 Å². The lowest BCUT2D eigenvalue weighted by Crippen LogP contribution is -2.30. The third kappa shape index (κ3) is 3.50. The van der Waals surface area contributed by atoms with Crippen molar-refractivity contribution < 1.29 is 14.7 Å². The Kier molecular flexibility index (Phi) is 5.09. The Balaban J connectivity index is 1.94. The maximum absolute atomic E-state index is 12.9. The number of carbonyl (C=O) groups excluding carboxylic acids is 2. The van der Waals surface area contributed by atoms with Gasteiger partial charge in [0.1, 0.15) is 11.6 Å². The summed E-state index contributed by atoms with van der Waals surface area (Å²) >= 11 is 11.9. The zero-order valence-electron chi connectivity index (χ0n) is 14.9. The van der Waals surface area contributed by atoms with Crippen LogP contribution < -0.4 is 4.90 Å². The number of aromatic nitrogens is 1. The first kappa shape index (κ1) is 19.2. The molecule has 1 amide bonds. The predicted octanol–water partition coefficient (Wildman–Crippen LogP) is 5.01. The second-order valence-corrected chi connectivity index (χ2v) is 7.29. The van der Waals surface area contributed by atoms with E-state index in [4.69, 9.17) is 23.2 Å². The van der Waals surface area contributed by atoms with Gasteiger partial charge in [-0.15, -0.1) is 0 Å². The molecule has 3 aromatic rings. The predicted molar refractivity (Wildman–Crippen MR) is 112 cm³/mol. The highest BCUT2D eigenvalue weighted by Crippen LogP contribution is 2.41. The minimum Gasteiger partial charge on any atom is -0.507 e. The fourth-order valence-electron chi connectivity index (χ4n) is 3.29. The number of aliphatic hydroxyl groups is 1. The fraction of sp³-hybridized carbons (Fsp3) is 0.0455. The number of amides is 1. The van der Waals surface area contributed by atoms with Gasteiger partial charge >= 0.3 is 5.91 Å². The summed E-state index contributed by atoms with van der Waals surface area (Å²) in [6, 6.07) is 17.4. The first-order valence-electron chi connectivity index (χ1n) is 8.71. The molecule has 0 bridgehead atoms. The quantitative estimate of drug-likeness (QED) is 0.364. The minimum absolute atomic E-state index is 0.0229. The van der Waals surface area contributed by atoms with E-state index in [1.807, 2.05) is 0 Å². The topological polar surface area (TPSA) is 70.5 Å². The lowest BCUT2D eigenvalue weighted by atomic mass is 9.95. The number of aliphatic hydroxyl groups excluding tert-OH is 1. The molecule has 1 fully saturated rings. The molecule has 4 rings (SSSR count). The maximum Gasteiger partial charge on any atom is 0.301 e. The number of pyridine rings is 1. The van der Waals surface area contributed by atoms with E-state index < -0.39 is 17.7 Å². The first-order valence-corrected chi connectivity index (χ1v) is 9.46. The molecule has 0 aliphatic carbocycles. The first-order chi connectivity index (χ1) is 14.0. The SMILES string of the molecule is O=C1C(=O)N(c2ccccn2)C(c2ccc(Cl)cc2)/C1=C(\O)c1ccc(Cl)cc1. The van der Waals surface area contributed by atoms with E-state index in [0.717, 1.165) is 0 Å². The van der Waals surface area contributed by atoms with Crippen LogP contribution in [0.5, 0.6) is 0 Å². The highest BCUT2D eigenvalue weighted by atomic mass is 35.5. The van der Waals surface area contributed by atoms with Gasteiger partial charge in [-0.25, -0.2) is 4.98 Å². The van der Waals surface area contributed by atoms with E-state index in [0.29, 0.717) is 27.0 Å². The van der Waals surface area contributed by atoms with Gasteiger partial charge in [0.2, 0.25) is 0 Å². The van der Waals surface area contributed by atoms with Crippen LogP contribution in [0.4, 0.5) is 5.82 Å². The monoisotopic (exact) mass is 424 g/mol. The van der Waals surface area contributed by atoms with Crippen LogP contribution in [-0.4, -0.2) is 21.8 Å². The third-order valence-electron chi connectivity index (χ3n) is 4.64. The summed E-state index contributed by atoms with van der Waals surface area (Å²) in [4.78, 5) is 31.3. The van der Waals surface area contributed by atoms with Crippen molar-refractivity contribution in [2.75, 3.05) is 4.90 Å². The van der Waals surface area contributed by atoms with Crippen molar-refractivity contribution >= 4 is 46.5 Å². The molecule has 1 N–H and O–H groups in total. The van der Waals surface area contributed by atoms with Crippen LogP contribution in [0, 0.1) is 0 Å². The number of benzene rings is 2. The van der Waals surface area contributed by atoms with E-state index in [-0.39, 0.29) is 11.3 Å². The molecule has 29 heavy (non-hydrogen) atoms. The molecule has 144 valence electrons. The van der Waals surface area contributed by atoms with Crippen LogP contribution >= 0.6 is 23.2 Å². The molecule has 1 unspecified atom stereocenters. The van der Waals surface area contributed by atoms with Gasteiger partial charge in [0.05, 0.1) is 11.6 Å². The van der Waals surface area contributed by atoms with Crippen molar-refractivity contribution in [2.24, 2.45) is 0 Å². The number of carbonyl (C=O) groups is 2. The van der Waals surface area contributed by atoms with E-state index >= 15 is 0 Å². The molecular weight excluding hydrogens is 411 g/mol. The average Bonchev–Trinajstić information content (AvgIpc) is 3.00. The normalized spacial score (nSPS) is 18.3. The fourth-order valence-corrected chi connectivity index (χ4v) is 3.54. The number of anilines is 1. The standard InChI is InChI=1S/C22H14Cl2N2O3/c23-15-8-4-13(5-9-15)19-18(20(27)14-6-10-16(24)11-7-14)21(28)22(29)26(19)17-3-1-2-12-25-17/h1-12,19,27H/b20-18+. The van der Waals surface area contributed by atoms with Gasteiger partial charge in [-0.2, -0.15) is 0 Å². The van der Waals surface area contributed by atoms with Gasteiger partial charge in [-0.3, -0.25) is 14.5 Å². The Labute approximate surface area is 176 Å². The molecule has 1 aromatic heterocycles. The molecule has 1 aliphatic heterocycles. The molecule has 0 spiro atoms. The summed E-state index contributed by atoms with van der Waals surface area (Å²) < 4.78 is 0. The summed E-state index contributed by atoms with van der Waals surface area (Å²) in [5, 5.41) is 11.9. The van der Waals surface area contributed by atoms with Crippen molar-refractivity contribution in [1.82, 2.24) is 4.98 Å². The molecule has 1 atom stereocenters. The van der Waals surface area contributed by atoms with E-state index in [9.17, 15) is 14.7 Å². The zero-order chi connectivity index (χ0) is 20.5. The number of halogens is 2. The number of hydrogen-bond acceptors (Lipinski definition) is 4. The van der Waals surface area contributed by atoms with Crippen LogP contribution in [0.1, 0.15) is 17.2 Å². The lowest BCUT2D eigenvalue weighted by molar-refractivity contribution is -0.132. The summed E-state index contributed by atoms with van der Waals surface area (Å²) in [5.41, 5.74) is 0.979. The Bertz CT molecular complexity index is 1110. The van der Waals surface area contributed by atoms with Crippen molar-refractivity contribution in [2.45, 2.75) is 6.04 Å². The van der Waals surface area contributed by atoms with E-state index in [1.54, 1.807) is 66.7 Å². The second-order valence-electron chi connectivity index (χ2n) is 6.42. The second kappa shape index (κ2) is 7.70. The van der Waals surface area contributed by atoms with Crippen LogP contribution in [0.3, 0.4) is 0 Å². The van der Waals surface area contributed by atoms with Crippen molar-refractivity contribution in [3.8, 4) is 0 Å². The average molecular weight is 425 g/mol. The summed E-state index contributed by atoms with van der Waals surface area (Å²) in [7, 11) is 0.